The van der Waals surface area contributed by atoms with E-state index in [1.807, 2.05) is 35.2 Å². The van der Waals surface area contributed by atoms with Gasteiger partial charge in [-0.2, -0.15) is 0 Å². The highest BCUT2D eigenvalue weighted by Crippen LogP contribution is 2.59. The van der Waals surface area contributed by atoms with Crippen molar-refractivity contribution in [1.29, 1.82) is 0 Å². The molecule has 1 amide bonds. The lowest BCUT2D eigenvalue weighted by Gasteiger charge is -2.32. The number of carbonyl (C=O) groups excluding carboxylic acids is 1. The number of anilines is 1. The molecule has 1 spiro atoms. The Morgan fingerprint density at radius 3 is 2.58 bits per heavy atom. The molecule has 3 heterocycles. The van der Waals surface area contributed by atoms with E-state index in [0.29, 0.717) is 29.1 Å². The summed E-state index contributed by atoms with van der Waals surface area (Å²) < 4.78 is 6.93. The van der Waals surface area contributed by atoms with Crippen LogP contribution < -0.4 is 10.1 Å². The summed E-state index contributed by atoms with van der Waals surface area (Å²) >= 11 is 3.52. The first-order valence-corrected chi connectivity index (χ1v) is 13.1. The van der Waals surface area contributed by atoms with Crippen LogP contribution in [0, 0.1) is 20.2 Å². The molecule has 6 rings (SSSR count). The molecule has 2 fully saturated rings. The summed E-state index contributed by atoms with van der Waals surface area (Å²) in [7, 11) is 0. The molecule has 0 radical (unpaired) electrons. The van der Waals surface area contributed by atoms with E-state index in [4.69, 9.17) is 4.74 Å². The van der Waals surface area contributed by atoms with Crippen molar-refractivity contribution in [3.63, 3.8) is 0 Å². The zero-order valence-electron chi connectivity index (χ0n) is 20.1. The third kappa shape index (κ3) is 3.60. The molecule has 0 aliphatic carbocycles. The number of hydrogen-bond acceptors (Lipinski definition) is 7. The highest BCUT2D eigenvalue weighted by molar-refractivity contribution is 9.10. The van der Waals surface area contributed by atoms with Crippen LogP contribution in [0.1, 0.15) is 35.4 Å². The number of nitrogens with one attached hydrogen (secondary N) is 1. The molecule has 0 unspecified atom stereocenters. The van der Waals surface area contributed by atoms with E-state index in [2.05, 4.69) is 21.2 Å². The SMILES string of the molecule is O=C1Nc2ccccc2[C@]12[C@H]([N+](=O)[O-])[C@H](c1cc(Br)ccc1OCc1ccc([N+](=O)[O-])cc1)[C@H]1CCCN12. The number of halogens is 1. The van der Waals surface area contributed by atoms with Gasteiger partial charge in [-0.25, -0.2) is 0 Å². The third-order valence-corrected chi connectivity index (χ3v) is 8.46. The van der Waals surface area contributed by atoms with Gasteiger partial charge in [0.05, 0.1) is 10.8 Å². The standard InChI is InChI=1S/C27H23BrN4O6/c28-17-9-12-23(38-15-16-7-10-18(11-8-16)31(34)35)19(14-17)24-22-6-3-13-30(22)27(25(24)32(36)37)20-4-1-2-5-21(20)29-26(27)33/h1-2,4-5,7-12,14,22,24-25H,3,6,13,15H2,(H,29,33)/t22-,24-,25-,27+/m1/s1. The minimum atomic E-state index is -1.41. The Morgan fingerprint density at radius 1 is 1.08 bits per heavy atom. The predicted octanol–water partition coefficient (Wildman–Crippen LogP) is 4.99. The van der Waals surface area contributed by atoms with Crippen molar-refractivity contribution in [1.82, 2.24) is 4.90 Å². The maximum absolute atomic E-state index is 13.7. The maximum Gasteiger partial charge on any atom is 0.269 e. The summed E-state index contributed by atoms with van der Waals surface area (Å²) in [5.74, 6) is -0.481. The summed E-state index contributed by atoms with van der Waals surface area (Å²) in [5, 5.41) is 26.8. The van der Waals surface area contributed by atoms with Gasteiger partial charge in [-0.1, -0.05) is 34.1 Å². The lowest BCUT2D eigenvalue weighted by Crippen LogP contribution is -2.55. The topological polar surface area (TPSA) is 128 Å². The van der Waals surface area contributed by atoms with Gasteiger partial charge in [0.25, 0.3) is 17.6 Å². The van der Waals surface area contributed by atoms with Gasteiger partial charge in [0, 0.05) is 50.9 Å². The molecule has 3 aromatic rings. The summed E-state index contributed by atoms with van der Waals surface area (Å²) in [6.45, 7) is 0.714. The van der Waals surface area contributed by atoms with E-state index in [9.17, 15) is 25.0 Å². The highest BCUT2D eigenvalue weighted by atomic mass is 79.9. The Bertz CT molecular complexity index is 1460. The number of hydrogen-bond donors (Lipinski definition) is 1. The van der Waals surface area contributed by atoms with Crippen LogP contribution in [0.15, 0.2) is 71.2 Å². The van der Waals surface area contributed by atoms with Gasteiger partial charge >= 0.3 is 0 Å². The third-order valence-electron chi connectivity index (χ3n) is 7.97. The maximum atomic E-state index is 13.7. The monoisotopic (exact) mass is 578 g/mol. The Balaban J connectivity index is 1.43. The van der Waals surface area contributed by atoms with E-state index < -0.39 is 22.4 Å². The van der Waals surface area contributed by atoms with E-state index >= 15 is 0 Å². The lowest BCUT2D eigenvalue weighted by molar-refractivity contribution is -0.534. The van der Waals surface area contributed by atoms with Gasteiger partial charge in [0.15, 0.2) is 5.54 Å². The number of amides is 1. The second-order valence-electron chi connectivity index (χ2n) is 9.82. The number of para-hydroxylation sites is 1. The molecular weight excluding hydrogens is 556 g/mol. The molecule has 0 saturated carbocycles. The van der Waals surface area contributed by atoms with Crippen molar-refractivity contribution in [3.05, 3.63) is 108 Å². The molecular formula is C27H23BrN4O6. The fourth-order valence-corrected chi connectivity index (χ4v) is 6.91. The second kappa shape index (κ2) is 9.17. The van der Waals surface area contributed by atoms with E-state index in [0.717, 1.165) is 22.9 Å². The van der Waals surface area contributed by atoms with Crippen LogP contribution in [0.2, 0.25) is 0 Å². The van der Waals surface area contributed by atoms with Crippen LogP contribution in [0.3, 0.4) is 0 Å². The van der Waals surface area contributed by atoms with Crippen molar-refractivity contribution >= 4 is 33.2 Å². The molecule has 4 atom stereocenters. The number of ether oxygens (including phenoxy) is 1. The zero-order valence-corrected chi connectivity index (χ0v) is 21.7. The minimum Gasteiger partial charge on any atom is -0.489 e. The fourth-order valence-electron chi connectivity index (χ4n) is 6.53. The van der Waals surface area contributed by atoms with Crippen LogP contribution in [-0.2, 0) is 16.9 Å². The van der Waals surface area contributed by atoms with Crippen molar-refractivity contribution in [2.45, 2.75) is 43.0 Å². The second-order valence-corrected chi connectivity index (χ2v) is 10.7. The Morgan fingerprint density at radius 2 is 1.84 bits per heavy atom. The number of benzene rings is 3. The molecule has 194 valence electrons. The summed E-state index contributed by atoms with van der Waals surface area (Å²) in [4.78, 5) is 38.8. The Labute approximate surface area is 226 Å². The molecule has 2 saturated heterocycles. The summed E-state index contributed by atoms with van der Waals surface area (Å²) in [6.07, 6.45) is 1.55. The number of non-ortho nitro benzene ring substituents is 1. The van der Waals surface area contributed by atoms with Crippen molar-refractivity contribution in [3.8, 4) is 5.75 Å². The predicted molar refractivity (Wildman–Crippen MR) is 142 cm³/mol. The number of carbonyl (C=O) groups is 1. The van der Waals surface area contributed by atoms with Gasteiger partial charge in [-0.15, -0.1) is 0 Å². The first kappa shape index (κ1) is 24.5. The molecule has 0 aromatic heterocycles. The minimum absolute atomic E-state index is 0.0143. The Hall–Kier alpha value is -3.83. The van der Waals surface area contributed by atoms with E-state index in [-0.39, 0.29) is 29.2 Å². The van der Waals surface area contributed by atoms with Gasteiger partial charge in [0.2, 0.25) is 0 Å². The highest BCUT2D eigenvalue weighted by Gasteiger charge is 2.73. The van der Waals surface area contributed by atoms with E-state index in [1.165, 1.54) is 12.1 Å². The molecule has 11 heteroatoms. The van der Waals surface area contributed by atoms with Crippen LogP contribution in [0.5, 0.6) is 5.75 Å². The first-order valence-electron chi connectivity index (χ1n) is 12.3. The van der Waals surface area contributed by atoms with Crippen LogP contribution in [-0.4, -0.2) is 39.3 Å². The van der Waals surface area contributed by atoms with Crippen LogP contribution in [0.25, 0.3) is 0 Å². The molecule has 3 aromatic carbocycles. The van der Waals surface area contributed by atoms with Gasteiger partial charge < -0.3 is 10.1 Å². The van der Waals surface area contributed by atoms with Crippen LogP contribution in [0.4, 0.5) is 11.4 Å². The molecule has 1 N–H and O–H groups in total. The molecule has 3 aliphatic rings. The van der Waals surface area contributed by atoms with E-state index in [1.54, 1.807) is 24.3 Å². The largest absolute Gasteiger partial charge is 0.489 e. The van der Waals surface area contributed by atoms with Gasteiger partial charge in [-0.05, 0) is 54.8 Å². The average molecular weight is 579 g/mol. The van der Waals surface area contributed by atoms with Crippen molar-refractivity contribution in [2.24, 2.45) is 0 Å². The molecule has 38 heavy (non-hydrogen) atoms. The first-order chi connectivity index (χ1) is 18.3. The summed E-state index contributed by atoms with van der Waals surface area (Å²) in [5.41, 5.74) is 1.21. The number of fused-ring (bicyclic) bond motifs is 4. The quantitative estimate of drug-likeness (QED) is 0.322. The summed E-state index contributed by atoms with van der Waals surface area (Å²) in [6, 6.07) is 17.3. The van der Waals surface area contributed by atoms with Crippen molar-refractivity contribution in [2.75, 3.05) is 11.9 Å². The van der Waals surface area contributed by atoms with Crippen LogP contribution >= 0.6 is 15.9 Å². The van der Waals surface area contributed by atoms with Gasteiger partial charge in [-0.3, -0.25) is 29.9 Å². The Kier molecular flexibility index (Phi) is 5.92. The molecule has 0 bridgehead atoms. The number of rotatable bonds is 6. The van der Waals surface area contributed by atoms with Crippen molar-refractivity contribution < 1.29 is 19.4 Å². The molecule has 3 aliphatic heterocycles. The fraction of sp³-hybridized carbons (Fsp3) is 0.296. The lowest BCUT2D eigenvalue weighted by atomic mass is 9.77. The molecule has 10 nitrogen and oxygen atoms in total. The number of nitro benzene ring substituents is 1. The smallest absolute Gasteiger partial charge is 0.269 e. The number of nitro groups is 2. The average Bonchev–Trinajstić information content (AvgIpc) is 3.56. The van der Waals surface area contributed by atoms with Gasteiger partial charge in [0.1, 0.15) is 12.4 Å². The zero-order chi connectivity index (χ0) is 26.6. The number of nitrogens with zero attached hydrogens (tertiary/aromatic N) is 3. The normalized spacial score (nSPS) is 25.7.